The van der Waals surface area contributed by atoms with E-state index in [9.17, 15) is 0 Å². The Balaban J connectivity index is 1.35. The Kier molecular flexibility index (Phi) is 4.23. The molecule has 9 rings (SSSR count). The lowest BCUT2D eigenvalue weighted by Crippen LogP contribution is -2.60. The number of allylic oxidation sites excluding steroid dienone is 1. The fourth-order valence-electron chi connectivity index (χ4n) is 7.87. The predicted octanol–water partition coefficient (Wildman–Crippen LogP) is 6.37. The zero-order chi connectivity index (χ0) is 26.7. The van der Waals surface area contributed by atoms with Crippen molar-refractivity contribution >= 4 is 44.8 Å². The van der Waals surface area contributed by atoms with Crippen LogP contribution in [0.3, 0.4) is 0 Å². The molecule has 0 aliphatic carbocycles. The highest BCUT2D eigenvalue weighted by atomic mass is 16.3. The summed E-state index contributed by atoms with van der Waals surface area (Å²) in [5, 5.41) is 2.30. The van der Waals surface area contributed by atoms with Crippen molar-refractivity contribution < 1.29 is 4.42 Å². The molecule has 4 unspecified atom stereocenters. The van der Waals surface area contributed by atoms with Crippen molar-refractivity contribution in [1.29, 1.82) is 0 Å². The zero-order valence-corrected chi connectivity index (χ0v) is 22.4. The van der Waals surface area contributed by atoms with E-state index in [1.807, 2.05) is 12.3 Å². The number of aromatic nitrogens is 2. The number of hydrogen-bond donors (Lipinski definition) is 0. The monoisotopic (exact) mass is 524 g/mol. The average Bonchev–Trinajstić information content (AvgIpc) is 3.63. The Morgan fingerprint density at radius 3 is 2.67 bits per heavy atom. The molecule has 0 N–H and O–H groups in total. The van der Waals surface area contributed by atoms with Gasteiger partial charge >= 0.3 is 0 Å². The van der Waals surface area contributed by atoms with Crippen molar-refractivity contribution in [2.45, 2.75) is 24.7 Å². The minimum absolute atomic E-state index is 0.00395. The van der Waals surface area contributed by atoms with E-state index in [-0.39, 0.29) is 24.2 Å². The molecule has 0 spiro atoms. The molecule has 5 aromatic rings. The van der Waals surface area contributed by atoms with Gasteiger partial charge < -0.3 is 24.0 Å². The van der Waals surface area contributed by atoms with Crippen molar-refractivity contribution in [3.63, 3.8) is 0 Å². The maximum absolute atomic E-state index is 6.62. The van der Waals surface area contributed by atoms with Crippen LogP contribution in [0.1, 0.15) is 17.0 Å². The molecule has 0 saturated heterocycles. The number of para-hydroxylation sites is 2. The third-order valence-corrected chi connectivity index (χ3v) is 9.42. The molecule has 0 amide bonds. The highest BCUT2D eigenvalue weighted by molar-refractivity contribution is 6.10. The van der Waals surface area contributed by atoms with E-state index in [4.69, 9.17) is 16.0 Å². The Labute approximate surface area is 232 Å². The van der Waals surface area contributed by atoms with Crippen molar-refractivity contribution in [1.82, 2.24) is 14.9 Å². The second kappa shape index (κ2) is 7.66. The van der Waals surface area contributed by atoms with Gasteiger partial charge in [-0.25, -0.2) is 9.97 Å². The SMILES string of the molecule is C=C1Cc2ccccc2N2c3cncnc3N(C)C2C2C1c1ccc3c(oc4ccccc43)c1N1C=CN(C)C21. The number of benzene rings is 3. The van der Waals surface area contributed by atoms with Gasteiger partial charge in [0.15, 0.2) is 11.4 Å². The van der Waals surface area contributed by atoms with Crippen LogP contribution in [-0.2, 0) is 6.42 Å². The predicted molar refractivity (Wildman–Crippen MR) is 159 cm³/mol. The minimum atomic E-state index is 0.00395. The van der Waals surface area contributed by atoms with E-state index >= 15 is 0 Å². The molecule has 2 aromatic heterocycles. The van der Waals surface area contributed by atoms with E-state index in [1.54, 1.807) is 6.33 Å². The first-order chi connectivity index (χ1) is 19.6. The smallest absolute Gasteiger partial charge is 0.159 e. The van der Waals surface area contributed by atoms with Crippen LogP contribution in [0.15, 0.2) is 102 Å². The van der Waals surface area contributed by atoms with Crippen molar-refractivity contribution in [2.75, 3.05) is 28.8 Å². The highest BCUT2D eigenvalue weighted by Crippen LogP contribution is 2.58. The Morgan fingerprint density at radius 2 is 1.75 bits per heavy atom. The molecular weight excluding hydrogens is 496 g/mol. The van der Waals surface area contributed by atoms with E-state index in [1.165, 1.54) is 22.4 Å². The summed E-state index contributed by atoms with van der Waals surface area (Å²) in [6, 6.07) is 21.6. The first-order valence-electron chi connectivity index (χ1n) is 13.8. The van der Waals surface area contributed by atoms with Gasteiger partial charge in [0.25, 0.3) is 0 Å². The Morgan fingerprint density at radius 1 is 0.900 bits per heavy atom. The molecule has 4 atom stereocenters. The quantitative estimate of drug-likeness (QED) is 0.218. The van der Waals surface area contributed by atoms with Gasteiger partial charge in [-0.05, 0) is 29.7 Å². The zero-order valence-electron chi connectivity index (χ0n) is 22.4. The lowest BCUT2D eigenvalue weighted by Gasteiger charge is -2.52. The largest absolute Gasteiger partial charge is 0.454 e. The summed E-state index contributed by atoms with van der Waals surface area (Å²) in [6.45, 7) is 4.80. The first-order valence-corrected chi connectivity index (χ1v) is 13.8. The van der Waals surface area contributed by atoms with Gasteiger partial charge in [-0.1, -0.05) is 60.7 Å². The molecule has 7 heteroatoms. The maximum atomic E-state index is 6.62. The Bertz CT molecular complexity index is 1910. The van der Waals surface area contributed by atoms with Gasteiger partial charge in [-0.2, -0.15) is 0 Å². The number of hydrogen-bond acceptors (Lipinski definition) is 7. The Hall–Kier alpha value is -4.78. The first kappa shape index (κ1) is 22.1. The van der Waals surface area contributed by atoms with Crippen LogP contribution in [0, 0.1) is 5.92 Å². The van der Waals surface area contributed by atoms with Crippen LogP contribution in [0.4, 0.5) is 22.9 Å². The minimum Gasteiger partial charge on any atom is -0.454 e. The summed E-state index contributed by atoms with van der Waals surface area (Å²) in [7, 11) is 4.36. The average molecular weight is 525 g/mol. The molecule has 4 aliphatic rings. The van der Waals surface area contributed by atoms with Crippen LogP contribution in [-0.4, -0.2) is 41.3 Å². The molecule has 0 fully saturated rings. The van der Waals surface area contributed by atoms with E-state index in [2.05, 4.69) is 106 Å². The summed E-state index contributed by atoms with van der Waals surface area (Å²) >= 11 is 0. The summed E-state index contributed by atoms with van der Waals surface area (Å²) in [6.07, 6.45) is 8.90. The standard InChI is InChI=1S/C33H28N6O/c1-19-16-20-8-4-6-10-24(20)39-25-17-34-18-35-31(25)37(3)33(39)28-27(19)23-13-12-22-21-9-5-7-11-26(21)40-30(22)29(23)38-15-14-36(2)32(28)38/h4-15,17-18,27-28,32-33H,1,16H2,2-3H3. The summed E-state index contributed by atoms with van der Waals surface area (Å²) < 4.78 is 6.62. The van der Waals surface area contributed by atoms with Crippen molar-refractivity contribution in [3.05, 3.63) is 109 Å². The third-order valence-electron chi connectivity index (χ3n) is 9.42. The second-order valence-electron chi connectivity index (χ2n) is 11.4. The lowest BCUT2D eigenvalue weighted by atomic mass is 9.70. The van der Waals surface area contributed by atoms with Crippen LogP contribution in [0.2, 0.25) is 0 Å². The highest BCUT2D eigenvalue weighted by Gasteiger charge is 2.55. The van der Waals surface area contributed by atoms with Gasteiger partial charge in [-0.3, -0.25) is 0 Å². The third kappa shape index (κ3) is 2.64. The molecule has 6 heterocycles. The van der Waals surface area contributed by atoms with Gasteiger partial charge in [-0.15, -0.1) is 0 Å². The van der Waals surface area contributed by atoms with E-state index in [0.29, 0.717) is 0 Å². The summed E-state index contributed by atoms with van der Waals surface area (Å²) in [5.41, 5.74) is 9.04. The molecule has 4 aliphatic heterocycles. The van der Waals surface area contributed by atoms with Crippen molar-refractivity contribution in [2.24, 2.45) is 5.92 Å². The maximum Gasteiger partial charge on any atom is 0.159 e. The molecule has 0 radical (unpaired) electrons. The molecule has 0 saturated carbocycles. The number of rotatable bonds is 0. The fraction of sp³-hybridized carbons (Fsp3) is 0.212. The van der Waals surface area contributed by atoms with Crippen LogP contribution < -0.4 is 14.7 Å². The number of nitrogens with zero attached hydrogens (tertiary/aromatic N) is 6. The van der Waals surface area contributed by atoms with Crippen LogP contribution in [0.25, 0.3) is 21.9 Å². The van der Waals surface area contributed by atoms with E-state index < -0.39 is 0 Å². The lowest BCUT2D eigenvalue weighted by molar-refractivity contribution is 0.194. The summed E-state index contributed by atoms with van der Waals surface area (Å²) in [4.78, 5) is 18.8. The molecule has 7 nitrogen and oxygen atoms in total. The van der Waals surface area contributed by atoms with Crippen LogP contribution >= 0.6 is 0 Å². The number of fused-ring (bicyclic) bond motifs is 16. The molecule has 3 aromatic carbocycles. The fourth-order valence-corrected chi connectivity index (χ4v) is 7.87. The van der Waals surface area contributed by atoms with Crippen LogP contribution in [0.5, 0.6) is 0 Å². The molecular formula is C33H28N6O. The number of furan rings is 1. The van der Waals surface area contributed by atoms with Gasteiger partial charge in [0, 0.05) is 54.8 Å². The van der Waals surface area contributed by atoms with Crippen molar-refractivity contribution in [3.8, 4) is 0 Å². The summed E-state index contributed by atoms with van der Waals surface area (Å²) in [5.74, 6) is 1.20. The number of anilines is 4. The van der Waals surface area contributed by atoms with E-state index in [0.717, 1.165) is 45.6 Å². The topological polar surface area (TPSA) is 51.9 Å². The second-order valence-corrected chi connectivity index (χ2v) is 11.4. The van der Waals surface area contributed by atoms with Gasteiger partial charge in [0.05, 0.1) is 11.9 Å². The molecule has 0 bridgehead atoms. The normalized spacial score (nSPS) is 24.4. The molecule has 40 heavy (non-hydrogen) atoms. The molecule has 196 valence electrons. The van der Waals surface area contributed by atoms with Gasteiger partial charge in [0.2, 0.25) is 0 Å². The van der Waals surface area contributed by atoms with Gasteiger partial charge in [0.1, 0.15) is 29.9 Å².